The maximum atomic E-state index is 13.1. The van der Waals surface area contributed by atoms with E-state index in [1.807, 2.05) is 62.4 Å². The highest BCUT2D eigenvalue weighted by Crippen LogP contribution is 2.37. The Bertz CT molecular complexity index is 1540. The molecule has 1 aromatic carbocycles. The first kappa shape index (κ1) is 26.3. The van der Waals surface area contributed by atoms with Crippen LogP contribution in [0, 0.1) is 13.8 Å². The molecule has 2 N–H and O–H groups in total. The number of anilines is 1. The predicted octanol–water partition coefficient (Wildman–Crippen LogP) is 5.68. The van der Waals surface area contributed by atoms with Crippen LogP contribution in [0.1, 0.15) is 59.6 Å². The van der Waals surface area contributed by atoms with Crippen molar-refractivity contribution in [3.63, 3.8) is 0 Å². The third-order valence-electron chi connectivity index (χ3n) is 7.42. The third-order valence-corrected chi connectivity index (χ3v) is 7.42. The van der Waals surface area contributed by atoms with E-state index in [1.54, 1.807) is 17.1 Å². The van der Waals surface area contributed by atoms with Crippen LogP contribution in [0.4, 0.5) is 5.69 Å². The normalized spacial score (nSPS) is 13.8. The van der Waals surface area contributed by atoms with Gasteiger partial charge in [0, 0.05) is 46.4 Å². The number of carbonyl (C=O) groups is 2. The van der Waals surface area contributed by atoms with Crippen LogP contribution in [0.5, 0.6) is 0 Å². The second-order valence-corrected chi connectivity index (χ2v) is 9.81. The Kier molecular flexibility index (Phi) is 7.56. The number of carbonyl (C=O) groups excluding carboxylic acids is 2. The van der Waals surface area contributed by atoms with E-state index in [0.29, 0.717) is 12.0 Å². The Morgan fingerprint density at radius 2 is 1.90 bits per heavy atom. The van der Waals surface area contributed by atoms with Crippen molar-refractivity contribution in [2.45, 2.75) is 40.5 Å². The van der Waals surface area contributed by atoms with E-state index in [-0.39, 0.29) is 11.7 Å². The van der Waals surface area contributed by atoms with Crippen molar-refractivity contribution in [1.82, 2.24) is 24.6 Å². The number of aryl methyl sites for hydroxylation is 1. The summed E-state index contributed by atoms with van der Waals surface area (Å²) in [5, 5.41) is 7.43. The Morgan fingerprint density at radius 3 is 2.64 bits per heavy atom. The van der Waals surface area contributed by atoms with E-state index in [9.17, 15) is 9.59 Å². The zero-order valence-electron chi connectivity index (χ0n) is 22.9. The zero-order valence-corrected chi connectivity index (χ0v) is 22.9. The molecule has 0 fully saturated rings. The number of nitrogens with one attached hydrogen (secondary N) is 2. The smallest absolute Gasteiger partial charge is 0.256 e. The number of Topliss-reactive ketones (excluding diaryl/α,β-unsaturated/α-hetero) is 1. The molecule has 39 heavy (non-hydrogen) atoms. The minimum atomic E-state index is -0.167. The molecule has 0 bridgehead atoms. The SMILES string of the molecule is CCN(CC)CCCC(=O)c1c(C)[nH]c(/C=C2\C(=O)Nc3ccc(-c4ccnn4-c4ccccn4)cc32)c1C. The van der Waals surface area contributed by atoms with Crippen molar-refractivity contribution >= 4 is 29.0 Å². The summed E-state index contributed by atoms with van der Waals surface area (Å²) in [6, 6.07) is 13.5. The highest BCUT2D eigenvalue weighted by molar-refractivity contribution is 6.35. The van der Waals surface area contributed by atoms with Crippen LogP contribution >= 0.6 is 0 Å². The molecule has 0 saturated heterocycles. The van der Waals surface area contributed by atoms with Crippen LogP contribution in [0.15, 0.2) is 54.9 Å². The lowest BCUT2D eigenvalue weighted by Crippen LogP contribution is -2.24. The number of pyridine rings is 1. The van der Waals surface area contributed by atoms with E-state index in [1.165, 1.54) is 0 Å². The highest BCUT2D eigenvalue weighted by Gasteiger charge is 2.26. The molecule has 0 aliphatic carbocycles. The number of aromatic amines is 1. The standard InChI is InChI=1S/C31H34N6O2/c1-5-36(6-2)17-9-10-28(38)30-20(3)26(34-21(30)4)19-24-23-18-22(12-13-25(23)35-31(24)39)27-14-16-33-37(27)29-11-7-8-15-32-29/h7-8,11-16,18-19,34H,5-6,9-10,17H2,1-4H3,(H,35,39)/b24-19-. The molecule has 4 heterocycles. The van der Waals surface area contributed by atoms with Gasteiger partial charge in [0.2, 0.25) is 0 Å². The van der Waals surface area contributed by atoms with E-state index in [2.05, 4.69) is 39.1 Å². The number of fused-ring (bicyclic) bond motifs is 1. The number of amides is 1. The molecule has 200 valence electrons. The number of hydrogen-bond acceptors (Lipinski definition) is 5. The molecule has 0 saturated carbocycles. The molecule has 0 radical (unpaired) electrons. The molecular weight excluding hydrogens is 488 g/mol. The van der Waals surface area contributed by atoms with Crippen molar-refractivity contribution in [3.8, 4) is 17.1 Å². The number of rotatable bonds is 10. The monoisotopic (exact) mass is 522 g/mol. The van der Waals surface area contributed by atoms with Gasteiger partial charge in [0.1, 0.15) is 0 Å². The summed E-state index contributed by atoms with van der Waals surface area (Å²) in [6.07, 6.45) is 6.66. The number of aromatic nitrogens is 4. The van der Waals surface area contributed by atoms with E-state index in [4.69, 9.17) is 0 Å². The lowest BCUT2D eigenvalue weighted by Gasteiger charge is -2.17. The van der Waals surface area contributed by atoms with Crippen LogP contribution in [0.2, 0.25) is 0 Å². The van der Waals surface area contributed by atoms with Gasteiger partial charge in [-0.1, -0.05) is 26.0 Å². The molecule has 1 aliphatic heterocycles. The van der Waals surface area contributed by atoms with Gasteiger partial charge in [-0.05, 0) is 81.9 Å². The van der Waals surface area contributed by atoms with Gasteiger partial charge < -0.3 is 15.2 Å². The van der Waals surface area contributed by atoms with Crippen molar-refractivity contribution < 1.29 is 9.59 Å². The van der Waals surface area contributed by atoms with Crippen LogP contribution in [0.25, 0.3) is 28.7 Å². The number of H-pyrrole nitrogens is 1. The van der Waals surface area contributed by atoms with Gasteiger partial charge in [0.25, 0.3) is 5.91 Å². The Balaban J connectivity index is 1.44. The summed E-state index contributed by atoms with van der Waals surface area (Å²) >= 11 is 0. The van der Waals surface area contributed by atoms with Gasteiger partial charge >= 0.3 is 0 Å². The molecule has 0 spiro atoms. The molecule has 1 aliphatic rings. The van der Waals surface area contributed by atoms with Crippen LogP contribution < -0.4 is 5.32 Å². The molecule has 3 aromatic heterocycles. The zero-order chi connectivity index (χ0) is 27.5. The van der Waals surface area contributed by atoms with Crippen LogP contribution in [-0.2, 0) is 4.79 Å². The van der Waals surface area contributed by atoms with Crippen LogP contribution in [-0.4, -0.2) is 56.0 Å². The molecule has 8 nitrogen and oxygen atoms in total. The van der Waals surface area contributed by atoms with E-state index in [0.717, 1.165) is 76.9 Å². The minimum absolute atomic E-state index is 0.138. The second-order valence-electron chi connectivity index (χ2n) is 9.81. The Labute approximate surface area is 228 Å². The topological polar surface area (TPSA) is 95.9 Å². The van der Waals surface area contributed by atoms with Crippen molar-refractivity contribution in [1.29, 1.82) is 0 Å². The molecule has 8 heteroatoms. The average molecular weight is 523 g/mol. The summed E-state index contributed by atoms with van der Waals surface area (Å²) in [4.78, 5) is 36.3. The lowest BCUT2D eigenvalue weighted by molar-refractivity contribution is -0.110. The predicted molar refractivity (Wildman–Crippen MR) is 155 cm³/mol. The quantitative estimate of drug-likeness (QED) is 0.206. The van der Waals surface area contributed by atoms with Gasteiger partial charge in [0.15, 0.2) is 11.6 Å². The van der Waals surface area contributed by atoms with Gasteiger partial charge in [-0.25, -0.2) is 9.67 Å². The largest absolute Gasteiger partial charge is 0.358 e. The van der Waals surface area contributed by atoms with E-state index < -0.39 is 0 Å². The Morgan fingerprint density at radius 1 is 1.08 bits per heavy atom. The number of benzene rings is 1. The number of nitrogens with zero attached hydrogens (tertiary/aromatic N) is 4. The molecular formula is C31H34N6O2. The van der Waals surface area contributed by atoms with Crippen molar-refractivity contribution in [2.75, 3.05) is 25.0 Å². The van der Waals surface area contributed by atoms with Gasteiger partial charge in [0.05, 0.1) is 17.5 Å². The summed E-state index contributed by atoms with van der Waals surface area (Å²) < 4.78 is 1.78. The van der Waals surface area contributed by atoms with E-state index >= 15 is 0 Å². The first-order chi connectivity index (χ1) is 18.9. The fourth-order valence-electron chi connectivity index (χ4n) is 5.28. The lowest BCUT2D eigenvalue weighted by atomic mass is 9.99. The minimum Gasteiger partial charge on any atom is -0.358 e. The van der Waals surface area contributed by atoms with Gasteiger partial charge in [-0.2, -0.15) is 5.10 Å². The summed E-state index contributed by atoms with van der Waals surface area (Å²) in [6.45, 7) is 11.0. The maximum Gasteiger partial charge on any atom is 0.256 e. The molecule has 4 aromatic rings. The first-order valence-corrected chi connectivity index (χ1v) is 13.5. The maximum absolute atomic E-state index is 13.1. The highest BCUT2D eigenvalue weighted by atomic mass is 16.2. The summed E-state index contributed by atoms with van der Waals surface area (Å²) in [5.74, 6) is 0.688. The second kappa shape index (κ2) is 11.2. The van der Waals surface area contributed by atoms with Crippen LogP contribution in [0.3, 0.4) is 0 Å². The Hall–Kier alpha value is -4.30. The van der Waals surface area contributed by atoms with Crippen molar-refractivity contribution in [2.24, 2.45) is 0 Å². The molecule has 0 unspecified atom stereocenters. The summed E-state index contributed by atoms with van der Waals surface area (Å²) in [7, 11) is 0. The average Bonchev–Trinajstić information content (AvgIpc) is 3.63. The number of hydrogen-bond donors (Lipinski definition) is 2. The fraction of sp³-hybridized carbons (Fsp3) is 0.290. The molecule has 5 rings (SSSR count). The van der Waals surface area contributed by atoms with Crippen molar-refractivity contribution in [3.05, 3.63) is 82.9 Å². The third kappa shape index (κ3) is 5.20. The summed E-state index contributed by atoms with van der Waals surface area (Å²) in [5.41, 5.74) is 7.13. The molecule has 0 atom stereocenters. The van der Waals surface area contributed by atoms with Gasteiger partial charge in [-0.3, -0.25) is 9.59 Å². The fourth-order valence-corrected chi connectivity index (χ4v) is 5.28. The molecule has 1 amide bonds. The van der Waals surface area contributed by atoms with Gasteiger partial charge in [-0.15, -0.1) is 0 Å². The number of ketones is 1. The first-order valence-electron chi connectivity index (χ1n) is 13.5.